The van der Waals surface area contributed by atoms with E-state index in [-0.39, 0.29) is 18.7 Å². The number of hydrogen-bond donors (Lipinski definition) is 2. The van der Waals surface area contributed by atoms with Crippen LogP contribution in [0.3, 0.4) is 0 Å². The molecule has 0 spiro atoms. The number of carbonyl (C=O) groups is 1. The number of benzene rings is 1. The summed E-state index contributed by atoms with van der Waals surface area (Å²) < 4.78 is 4.95. The summed E-state index contributed by atoms with van der Waals surface area (Å²) in [5, 5.41) is 29.2. The number of rotatable bonds is 9. The number of nitro benzene ring substituents is 1. The maximum atomic E-state index is 11.3. The summed E-state index contributed by atoms with van der Waals surface area (Å²) >= 11 is 0. The molecule has 0 saturated carbocycles. The number of methoxy groups -OCH3 is 1. The van der Waals surface area contributed by atoms with Crippen molar-refractivity contribution in [2.24, 2.45) is 0 Å². The highest BCUT2D eigenvalue weighted by atomic mass is 16.6. The van der Waals surface area contributed by atoms with E-state index in [9.17, 15) is 20.0 Å². The molecule has 8 heteroatoms. The molecule has 0 bridgehead atoms. The molecule has 0 aromatic heterocycles. The fourth-order valence-corrected chi connectivity index (χ4v) is 1.99. The molecule has 0 amide bonds. The maximum Gasteiger partial charge on any atom is 0.343 e. The van der Waals surface area contributed by atoms with Gasteiger partial charge in [0.2, 0.25) is 0 Å². The molecule has 21 heavy (non-hydrogen) atoms. The van der Waals surface area contributed by atoms with E-state index in [4.69, 9.17) is 9.84 Å². The Labute approximate surface area is 121 Å². The van der Waals surface area contributed by atoms with E-state index in [0.29, 0.717) is 25.3 Å². The summed E-state index contributed by atoms with van der Waals surface area (Å²) in [5.41, 5.74) is -0.417. The third-order valence-electron chi connectivity index (χ3n) is 2.96. The predicted molar refractivity (Wildman–Crippen MR) is 74.3 cm³/mol. The summed E-state index contributed by atoms with van der Waals surface area (Å²) in [6, 6.07) is 4.15. The molecule has 0 aliphatic heterocycles. The summed E-state index contributed by atoms with van der Waals surface area (Å²) in [5.74, 6) is -1.34. The van der Waals surface area contributed by atoms with Crippen molar-refractivity contribution in [3.05, 3.63) is 39.4 Å². The van der Waals surface area contributed by atoms with E-state index < -0.39 is 16.6 Å². The molecular weight excluding hydrogens is 280 g/mol. The van der Waals surface area contributed by atoms with Gasteiger partial charge in [0.05, 0.1) is 18.1 Å². The Hall–Kier alpha value is -2.03. The van der Waals surface area contributed by atoms with Crippen molar-refractivity contribution in [2.75, 3.05) is 33.4 Å². The van der Waals surface area contributed by atoms with Crippen LogP contribution in [0.2, 0.25) is 0 Å². The smallest absolute Gasteiger partial charge is 0.343 e. The van der Waals surface area contributed by atoms with E-state index in [1.165, 1.54) is 25.3 Å². The molecular formula is C13H18N2O6. The molecule has 0 aliphatic carbocycles. The highest BCUT2D eigenvalue weighted by molar-refractivity contribution is 5.94. The van der Waals surface area contributed by atoms with Crippen LogP contribution < -0.4 is 0 Å². The zero-order valence-electron chi connectivity index (χ0n) is 11.7. The minimum atomic E-state index is -1.34. The van der Waals surface area contributed by atoms with Crippen molar-refractivity contribution < 1.29 is 24.7 Å². The molecule has 1 rings (SSSR count). The Balaban J connectivity index is 3.07. The van der Waals surface area contributed by atoms with Crippen LogP contribution in [-0.4, -0.2) is 59.4 Å². The molecule has 0 radical (unpaired) electrons. The third kappa shape index (κ3) is 4.78. The first-order valence-electron chi connectivity index (χ1n) is 6.33. The Kier molecular flexibility index (Phi) is 6.73. The molecule has 0 aliphatic rings. The van der Waals surface area contributed by atoms with Crippen LogP contribution in [-0.2, 0) is 11.3 Å². The van der Waals surface area contributed by atoms with E-state index in [2.05, 4.69) is 0 Å². The SMILES string of the molecule is COCCN(CCO)Cc1cccc([N+](=O)[O-])c1C(=O)O. The molecule has 0 unspecified atom stereocenters. The van der Waals surface area contributed by atoms with Gasteiger partial charge in [0.25, 0.3) is 5.69 Å². The van der Waals surface area contributed by atoms with Crippen molar-refractivity contribution in [3.8, 4) is 0 Å². The highest BCUT2D eigenvalue weighted by Crippen LogP contribution is 2.23. The Morgan fingerprint density at radius 3 is 2.67 bits per heavy atom. The number of nitro groups is 1. The lowest BCUT2D eigenvalue weighted by atomic mass is 10.0. The van der Waals surface area contributed by atoms with E-state index in [1.54, 1.807) is 4.90 Å². The quantitative estimate of drug-likeness (QED) is 0.510. The Bertz CT molecular complexity index is 505. The summed E-state index contributed by atoms with van der Waals surface area (Å²) in [6.07, 6.45) is 0. The van der Waals surface area contributed by atoms with Crippen LogP contribution in [0.1, 0.15) is 15.9 Å². The molecule has 116 valence electrons. The standard InChI is InChI=1S/C13H18N2O6/c1-21-8-6-14(5-7-16)9-10-3-2-4-11(15(19)20)12(10)13(17)18/h2-4,16H,5-9H2,1H3,(H,17,18). The first kappa shape index (κ1) is 17.0. The van der Waals surface area contributed by atoms with Crippen LogP contribution in [0.25, 0.3) is 0 Å². The van der Waals surface area contributed by atoms with Crippen molar-refractivity contribution >= 4 is 11.7 Å². The largest absolute Gasteiger partial charge is 0.477 e. The summed E-state index contributed by atoms with van der Waals surface area (Å²) in [4.78, 5) is 23.3. The van der Waals surface area contributed by atoms with E-state index >= 15 is 0 Å². The lowest BCUT2D eigenvalue weighted by molar-refractivity contribution is -0.385. The fraction of sp³-hybridized carbons (Fsp3) is 0.462. The number of ether oxygens (including phenoxy) is 1. The van der Waals surface area contributed by atoms with Crippen molar-refractivity contribution in [1.82, 2.24) is 4.90 Å². The molecule has 2 N–H and O–H groups in total. The summed E-state index contributed by atoms with van der Waals surface area (Å²) in [7, 11) is 1.53. The zero-order valence-corrected chi connectivity index (χ0v) is 11.7. The van der Waals surface area contributed by atoms with Crippen LogP contribution in [0.4, 0.5) is 5.69 Å². The number of carboxylic acid groups (broad SMARTS) is 1. The minimum absolute atomic E-state index is 0.0962. The molecule has 0 saturated heterocycles. The number of aromatic carboxylic acids is 1. The maximum absolute atomic E-state index is 11.3. The van der Waals surface area contributed by atoms with Gasteiger partial charge >= 0.3 is 5.97 Å². The van der Waals surface area contributed by atoms with Gasteiger partial charge in [0.1, 0.15) is 5.56 Å². The second-order valence-electron chi connectivity index (χ2n) is 4.37. The van der Waals surface area contributed by atoms with E-state index in [1.807, 2.05) is 0 Å². The van der Waals surface area contributed by atoms with Gasteiger partial charge in [-0.3, -0.25) is 15.0 Å². The lowest BCUT2D eigenvalue weighted by Crippen LogP contribution is -2.30. The Morgan fingerprint density at radius 2 is 2.14 bits per heavy atom. The van der Waals surface area contributed by atoms with Crippen molar-refractivity contribution in [2.45, 2.75) is 6.54 Å². The molecule has 1 aromatic rings. The zero-order chi connectivity index (χ0) is 15.8. The summed E-state index contributed by atoms with van der Waals surface area (Å²) in [6.45, 7) is 1.32. The first-order valence-corrected chi connectivity index (χ1v) is 6.33. The van der Waals surface area contributed by atoms with Crippen LogP contribution in [0.5, 0.6) is 0 Å². The van der Waals surface area contributed by atoms with Gasteiger partial charge in [0, 0.05) is 32.8 Å². The second kappa shape index (κ2) is 8.30. The number of carboxylic acids is 1. The van der Waals surface area contributed by atoms with Gasteiger partial charge in [-0.25, -0.2) is 4.79 Å². The lowest BCUT2D eigenvalue weighted by Gasteiger charge is -2.21. The van der Waals surface area contributed by atoms with Gasteiger partial charge in [-0.15, -0.1) is 0 Å². The van der Waals surface area contributed by atoms with Crippen molar-refractivity contribution in [1.29, 1.82) is 0 Å². The minimum Gasteiger partial charge on any atom is -0.477 e. The number of aliphatic hydroxyl groups is 1. The average Bonchev–Trinajstić information content (AvgIpc) is 2.44. The predicted octanol–water partition coefficient (Wildman–Crippen LogP) is 0.734. The fourth-order valence-electron chi connectivity index (χ4n) is 1.99. The molecule has 8 nitrogen and oxygen atoms in total. The third-order valence-corrected chi connectivity index (χ3v) is 2.96. The van der Waals surface area contributed by atoms with Crippen LogP contribution in [0, 0.1) is 10.1 Å². The van der Waals surface area contributed by atoms with Gasteiger partial charge in [0.15, 0.2) is 0 Å². The van der Waals surface area contributed by atoms with Crippen molar-refractivity contribution in [3.63, 3.8) is 0 Å². The number of hydrogen-bond acceptors (Lipinski definition) is 6. The second-order valence-corrected chi connectivity index (χ2v) is 4.37. The van der Waals surface area contributed by atoms with E-state index in [0.717, 1.165) is 0 Å². The van der Waals surface area contributed by atoms with Gasteiger partial charge in [-0.1, -0.05) is 12.1 Å². The molecule has 0 atom stereocenters. The number of aliphatic hydroxyl groups excluding tert-OH is 1. The first-order chi connectivity index (χ1) is 10.0. The monoisotopic (exact) mass is 298 g/mol. The van der Waals surface area contributed by atoms with Crippen LogP contribution in [0.15, 0.2) is 18.2 Å². The van der Waals surface area contributed by atoms with Gasteiger partial charge in [-0.05, 0) is 5.56 Å². The topological polar surface area (TPSA) is 113 Å². The molecule has 0 fully saturated rings. The Morgan fingerprint density at radius 1 is 1.43 bits per heavy atom. The van der Waals surface area contributed by atoms with Gasteiger partial charge < -0.3 is 14.9 Å². The van der Waals surface area contributed by atoms with Crippen LogP contribution >= 0.6 is 0 Å². The number of nitrogens with zero attached hydrogens (tertiary/aromatic N) is 2. The highest BCUT2D eigenvalue weighted by Gasteiger charge is 2.24. The average molecular weight is 298 g/mol. The normalized spacial score (nSPS) is 10.8. The molecule has 1 aromatic carbocycles. The van der Waals surface area contributed by atoms with Gasteiger partial charge in [-0.2, -0.15) is 0 Å². The molecule has 0 heterocycles.